The van der Waals surface area contributed by atoms with E-state index < -0.39 is 9.84 Å². The summed E-state index contributed by atoms with van der Waals surface area (Å²) >= 11 is 0. The number of ketones is 1. The minimum absolute atomic E-state index is 0.0718. The number of hydrogen-bond acceptors (Lipinski definition) is 4. The average molecular weight is 423 g/mol. The zero-order chi connectivity index (χ0) is 21.1. The van der Waals surface area contributed by atoms with Gasteiger partial charge in [0.1, 0.15) is 15.7 Å². The number of nitrogens with zero attached hydrogens (tertiary/aromatic N) is 2. The first-order chi connectivity index (χ1) is 14.4. The van der Waals surface area contributed by atoms with Crippen LogP contribution >= 0.6 is 0 Å². The van der Waals surface area contributed by atoms with E-state index in [1.54, 1.807) is 6.07 Å². The van der Waals surface area contributed by atoms with E-state index in [-0.39, 0.29) is 11.5 Å². The Kier molecular flexibility index (Phi) is 5.86. The third-order valence-electron chi connectivity index (χ3n) is 5.53. The molecule has 5 nitrogen and oxygen atoms in total. The van der Waals surface area contributed by atoms with Crippen LogP contribution in [0.3, 0.4) is 0 Å². The molecule has 4 rings (SSSR count). The lowest BCUT2D eigenvalue weighted by Gasteiger charge is -2.06. The smallest absolute Gasteiger partial charge is 0.163 e. The van der Waals surface area contributed by atoms with Crippen LogP contribution in [0.2, 0.25) is 0 Å². The van der Waals surface area contributed by atoms with Crippen LogP contribution in [0, 0.1) is 0 Å². The Hall–Kier alpha value is -2.73. The number of carbonyl (C=O) groups excluding carboxylic acids is 1. The molecule has 0 spiro atoms. The van der Waals surface area contributed by atoms with Crippen LogP contribution in [0.4, 0.5) is 0 Å². The first-order valence-corrected chi connectivity index (χ1v) is 12.4. The van der Waals surface area contributed by atoms with Crippen LogP contribution in [-0.2, 0) is 35.6 Å². The first kappa shape index (κ1) is 20.5. The van der Waals surface area contributed by atoms with Gasteiger partial charge in [0.2, 0.25) is 0 Å². The maximum atomic E-state index is 12.7. The van der Waals surface area contributed by atoms with Crippen molar-refractivity contribution in [2.75, 3.05) is 12.0 Å². The Labute approximate surface area is 177 Å². The van der Waals surface area contributed by atoms with Crippen LogP contribution in [0.15, 0.2) is 54.7 Å². The van der Waals surface area contributed by atoms with Gasteiger partial charge in [-0.05, 0) is 42.5 Å². The number of sulfone groups is 1. The van der Waals surface area contributed by atoms with Gasteiger partial charge in [-0.1, -0.05) is 36.4 Å². The summed E-state index contributed by atoms with van der Waals surface area (Å²) in [5.41, 5.74) is 4.71. The monoisotopic (exact) mass is 422 g/mol. The summed E-state index contributed by atoms with van der Waals surface area (Å²) in [6.45, 7) is 1.04. The third-order valence-corrected chi connectivity index (χ3v) is 6.48. The molecule has 0 unspecified atom stereocenters. The highest BCUT2D eigenvalue weighted by Gasteiger charge is 2.15. The number of aromatic nitrogens is 2. The molecule has 156 valence electrons. The molecule has 0 N–H and O–H groups in total. The molecule has 6 heteroatoms. The van der Waals surface area contributed by atoms with Crippen molar-refractivity contribution < 1.29 is 13.2 Å². The van der Waals surface area contributed by atoms with Crippen molar-refractivity contribution in [3.05, 3.63) is 77.2 Å². The third kappa shape index (κ3) is 5.05. The van der Waals surface area contributed by atoms with Gasteiger partial charge in [-0.3, -0.25) is 4.79 Å². The van der Waals surface area contributed by atoms with Crippen molar-refractivity contribution in [1.82, 2.24) is 9.55 Å². The van der Waals surface area contributed by atoms with Gasteiger partial charge >= 0.3 is 0 Å². The van der Waals surface area contributed by atoms with Crippen molar-refractivity contribution in [3.63, 3.8) is 0 Å². The highest BCUT2D eigenvalue weighted by Crippen LogP contribution is 2.24. The molecule has 2 aromatic carbocycles. The van der Waals surface area contributed by atoms with E-state index >= 15 is 0 Å². The summed E-state index contributed by atoms with van der Waals surface area (Å²) in [4.78, 5) is 17.4. The zero-order valence-electron chi connectivity index (χ0n) is 17.2. The van der Waals surface area contributed by atoms with Crippen molar-refractivity contribution in [2.45, 2.75) is 38.6 Å². The molecule has 1 aliphatic heterocycles. The van der Waals surface area contributed by atoms with Gasteiger partial charge in [0.15, 0.2) is 5.78 Å². The van der Waals surface area contributed by atoms with Gasteiger partial charge in [0, 0.05) is 43.0 Å². The molecular formula is C24H26N2O3S. The van der Waals surface area contributed by atoms with Crippen molar-refractivity contribution in [1.29, 1.82) is 0 Å². The fourth-order valence-corrected chi connectivity index (χ4v) is 4.49. The number of hydrogen-bond donors (Lipinski definition) is 0. The highest BCUT2D eigenvalue weighted by atomic mass is 32.2. The predicted molar refractivity (Wildman–Crippen MR) is 118 cm³/mol. The molecule has 0 saturated heterocycles. The molecule has 1 aliphatic rings. The van der Waals surface area contributed by atoms with E-state index in [9.17, 15) is 13.2 Å². The van der Waals surface area contributed by atoms with Gasteiger partial charge in [-0.25, -0.2) is 13.4 Å². The van der Waals surface area contributed by atoms with E-state index in [1.165, 1.54) is 12.7 Å². The first-order valence-electron chi connectivity index (χ1n) is 10.3. The Bertz CT molecular complexity index is 1160. The summed E-state index contributed by atoms with van der Waals surface area (Å²) in [5.74, 6) is 1.32. The summed E-state index contributed by atoms with van der Waals surface area (Å²) < 4.78 is 25.0. The van der Waals surface area contributed by atoms with E-state index in [1.807, 2.05) is 30.3 Å². The lowest BCUT2D eigenvalue weighted by atomic mass is 9.99. The van der Waals surface area contributed by atoms with Gasteiger partial charge in [-0.15, -0.1) is 0 Å². The molecule has 0 fully saturated rings. The fraction of sp³-hybridized carbons (Fsp3) is 0.333. The van der Waals surface area contributed by atoms with Gasteiger partial charge in [0.25, 0.3) is 0 Å². The van der Waals surface area contributed by atoms with Crippen LogP contribution in [-0.4, -0.2) is 35.8 Å². The summed E-state index contributed by atoms with van der Waals surface area (Å²) in [5, 5.41) is 0. The molecule has 0 saturated carbocycles. The topological polar surface area (TPSA) is 69.0 Å². The average Bonchev–Trinajstić information content (AvgIpc) is 3.33. The second-order valence-electron chi connectivity index (χ2n) is 8.04. The number of carbonyl (C=O) groups is 1. The number of aryl methyl sites for hydroxylation is 4. The summed E-state index contributed by atoms with van der Waals surface area (Å²) in [6, 6.07) is 15.6. The number of fused-ring (bicyclic) bond motifs is 1. The lowest BCUT2D eigenvalue weighted by Crippen LogP contribution is -2.07. The van der Waals surface area contributed by atoms with Crippen molar-refractivity contribution >= 4 is 15.6 Å². The van der Waals surface area contributed by atoms with E-state index in [0.29, 0.717) is 24.8 Å². The molecule has 1 aromatic heterocycles. The van der Waals surface area contributed by atoms with Gasteiger partial charge in [-0.2, -0.15) is 0 Å². The summed E-state index contributed by atoms with van der Waals surface area (Å²) in [6.07, 6.45) is 7.06. The molecule has 0 radical (unpaired) electrons. The Balaban J connectivity index is 1.40. The quantitative estimate of drug-likeness (QED) is 0.516. The molecule has 0 aliphatic carbocycles. The van der Waals surface area contributed by atoms with Crippen LogP contribution in [0.25, 0.3) is 11.3 Å². The number of rotatable bonds is 8. The fourth-order valence-electron chi connectivity index (χ4n) is 3.89. The second-order valence-corrected chi connectivity index (χ2v) is 10.3. The molecule has 3 aromatic rings. The standard InChI is InChI=1S/C24H26N2O3S/c1-30(28,29)14-12-19-6-3-8-21(16-19)23(27)11-10-18-5-2-7-20(15-18)22-17-26-13-4-9-24(26)25-22/h2-3,5-8,15-17H,4,9-14H2,1H3. The Morgan fingerprint density at radius 1 is 1.07 bits per heavy atom. The minimum atomic E-state index is -3.02. The van der Waals surface area contributed by atoms with Crippen LogP contribution in [0.5, 0.6) is 0 Å². The maximum absolute atomic E-state index is 12.7. The number of imidazole rings is 1. The molecule has 0 atom stereocenters. The molecule has 0 amide bonds. The number of Topliss-reactive ketones (excluding diaryl/α,β-unsaturated/α-hetero) is 1. The second kappa shape index (κ2) is 8.56. The molecule has 2 heterocycles. The largest absolute Gasteiger partial charge is 0.334 e. The lowest BCUT2D eigenvalue weighted by molar-refractivity contribution is 0.0982. The van der Waals surface area contributed by atoms with Gasteiger partial charge in [0.05, 0.1) is 11.4 Å². The molecular weight excluding hydrogens is 396 g/mol. The van der Waals surface area contributed by atoms with E-state index in [2.05, 4.69) is 22.9 Å². The SMILES string of the molecule is CS(=O)(=O)CCc1cccc(C(=O)CCc2cccc(-c3cn4c(n3)CCC4)c2)c1. The Morgan fingerprint density at radius 2 is 1.83 bits per heavy atom. The molecule has 30 heavy (non-hydrogen) atoms. The van der Waals surface area contributed by atoms with Crippen LogP contribution in [0.1, 0.15) is 40.2 Å². The highest BCUT2D eigenvalue weighted by molar-refractivity contribution is 7.90. The van der Waals surface area contributed by atoms with E-state index in [0.717, 1.165) is 41.2 Å². The minimum Gasteiger partial charge on any atom is -0.334 e. The van der Waals surface area contributed by atoms with Crippen molar-refractivity contribution in [2.24, 2.45) is 0 Å². The van der Waals surface area contributed by atoms with Gasteiger partial charge < -0.3 is 4.57 Å². The molecule has 0 bridgehead atoms. The van der Waals surface area contributed by atoms with Crippen LogP contribution < -0.4 is 0 Å². The van der Waals surface area contributed by atoms with Crippen molar-refractivity contribution in [3.8, 4) is 11.3 Å². The normalized spacial score (nSPS) is 13.4. The zero-order valence-corrected chi connectivity index (χ0v) is 18.0. The Morgan fingerprint density at radius 3 is 2.60 bits per heavy atom. The number of benzene rings is 2. The summed E-state index contributed by atoms with van der Waals surface area (Å²) in [7, 11) is -3.02. The maximum Gasteiger partial charge on any atom is 0.163 e. The van der Waals surface area contributed by atoms with E-state index in [4.69, 9.17) is 4.98 Å². The predicted octanol–water partition coefficient (Wildman–Crippen LogP) is 3.90.